The van der Waals surface area contributed by atoms with Crippen LogP contribution in [-0.2, 0) is 6.42 Å². The fraction of sp³-hybridized carbons (Fsp3) is 0.600. The SMILES string of the molecule is CCN(C)c1cc(C)nc(CCN)n1. The lowest BCUT2D eigenvalue weighted by Crippen LogP contribution is -2.19. The molecule has 0 fully saturated rings. The summed E-state index contributed by atoms with van der Waals surface area (Å²) in [6.07, 6.45) is 0.742. The summed E-state index contributed by atoms with van der Waals surface area (Å²) in [4.78, 5) is 10.8. The summed E-state index contributed by atoms with van der Waals surface area (Å²) in [6.45, 7) is 5.62. The van der Waals surface area contributed by atoms with E-state index < -0.39 is 0 Å². The van der Waals surface area contributed by atoms with Gasteiger partial charge >= 0.3 is 0 Å². The molecule has 4 heteroatoms. The van der Waals surface area contributed by atoms with E-state index in [0.29, 0.717) is 6.54 Å². The third-order valence-corrected chi connectivity index (χ3v) is 2.12. The molecule has 0 aliphatic rings. The Hall–Kier alpha value is -1.16. The molecule has 0 atom stereocenters. The van der Waals surface area contributed by atoms with E-state index in [2.05, 4.69) is 21.8 Å². The standard InChI is InChI=1S/C10H18N4/c1-4-14(3)10-7-8(2)12-9(13-10)5-6-11/h7H,4-6,11H2,1-3H3. The summed E-state index contributed by atoms with van der Waals surface area (Å²) in [5.74, 6) is 1.81. The highest BCUT2D eigenvalue weighted by Gasteiger charge is 2.04. The summed E-state index contributed by atoms with van der Waals surface area (Å²) < 4.78 is 0. The predicted octanol–water partition coefficient (Wildman–Crippen LogP) is 0.742. The van der Waals surface area contributed by atoms with Gasteiger partial charge in [-0.15, -0.1) is 0 Å². The van der Waals surface area contributed by atoms with Crippen molar-refractivity contribution in [2.24, 2.45) is 5.73 Å². The topological polar surface area (TPSA) is 55.0 Å². The van der Waals surface area contributed by atoms with Gasteiger partial charge < -0.3 is 10.6 Å². The quantitative estimate of drug-likeness (QED) is 0.768. The van der Waals surface area contributed by atoms with E-state index in [-0.39, 0.29) is 0 Å². The Morgan fingerprint density at radius 3 is 2.71 bits per heavy atom. The molecule has 0 unspecified atom stereocenters. The maximum absolute atomic E-state index is 5.48. The minimum Gasteiger partial charge on any atom is -0.360 e. The summed E-state index contributed by atoms with van der Waals surface area (Å²) in [5.41, 5.74) is 6.47. The molecule has 1 rings (SSSR count). The maximum Gasteiger partial charge on any atom is 0.132 e. The van der Waals surface area contributed by atoms with E-state index in [0.717, 1.165) is 30.3 Å². The van der Waals surface area contributed by atoms with Crippen LogP contribution in [0.3, 0.4) is 0 Å². The van der Waals surface area contributed by atoms with Crippen molar-refractivity contribution in [3.8, 4) is 0 Å². The number of rotatable bonds is 4. The van der Waals surface area contributed by atoms with Gasteiger partial charge in [-0.05, 0) is 20.4 Å². The van der Waals surface area contributed by atoms with E-state index in [4.69, 9.17) is 5.73 Å². The monoisotopic (exact) mass is 194 g/mol. The molecule has 0 aliphatic carbocycles. The van der Waals surface area contributed by atoms with Gasteiger partial charge in [-0.25, -0.2) is 9.97 Å². The van der Waals surface area contributed by atoms with Crippen molar-refractivity contribution in [3.63, 3.8) is 0 Å². The summed E-state index contributed by atoms with van der Waals surface area (Å²) in [5, 5.41) is 0. The molecule has 0 bridgehead atoms. The van der Waals surface area contributed by atoms with Gasteiger partial charge in [0.05, 0.1) is 0 Å². The highest BCUT2D eigenvalue weighted by molar-refractivity contribution is 5.38. The van der Waals surface area contributed by atoms with Crippen LogP contribution in [0.15, 0.2) is 6.07 Å². The molecule has 78 valence electrons. The van der Waals surface area contributed by atoms with Crippen LogP contribution < -0.4 is 10.6 Å². The number of anilines is 1. The Kier molecular flexibility index (Phi) is 3.83. The lowest BCUT2D eigenvalue weighted by Gasteiger charge is -2.16. The average Bonchev–Trinajstić information content (AvgIpc) is 2.16. The Labute approximate surface area is 85.2 Å². The highest BCUT2D eigenvalue weighted by Crippen LogP contribution is 2.10. The van der Waals surface area contributed by atoms with E-state index in [1.807, 2.05) is 20.0 Å². The zero-order valence-electron chi connectivity index (χ0n) is 9.12. The van der Waals surface area contributed by atoms with Crippen LogP contribution in [0.4, 0.5) is 5.82 Å². The van der Waals surface area contributed by atoms with Gasteiger partial charge in [0.25, 0.3) is 0 Å². The van der Waals surface area contributed by atoms with Gasteiger partial charge in [0.15, 0.2) is 0 Å². The number of nitrogens with two attached hydrogens (primary N) is 1. The van der Waals surface area contributed by atoms with Crippen molar-refractivity contribution in [3.05, 3.63) is 17.6 Å². The van der Waals surface area contributed by atoms with Crippen LogP contribution >= 0.6 is 0 Å². The van der Waals surface area contributed by atoms with Gasteiger partial charge in [-0.1, -0.05) is 0 Å². The number of hydrogen-bond acceptors (Lipinski definition) is 4. The van der Waals surface area contributed by atoms with Crippen LogP contribution in [0, 0.1) is 6.92 Å². The number of aromatic nitrogens is 2. The Morgan fingerprint density at radius 1 is 1.43 bits per heavy atom. The minimum atomic E-state index is 0.596. The predicted molar refractivity (Wildman–Crippen MR) is 58.5 cm³/mol. The molecule has 0 aromatic carbocycles. The molecule has 0 amide bonds. The molecule has 2 N–H and O–H groups in total. The van der Waals surface area contributed by atoms with Crippen molar-refractivity contribution >= 4 is 5.82 Å². The fourth-order valence-corrected chi connectivity index (χ4v) is 1.21. The molecule has 0 spiro atoms. The smallest absolute Gasteiger partial charge is 0.132 e. The molecular formula is C10H18N4. The average molecular weight is 194 g/mol. The molecule has 0 radical (unpaired) electrons. The van der Waals surface area contributed by atoms with Crippen LogP contribution in [0.25, 0.3) is 0 Å². The summed E-state index contributed by atoms with van der Waals surface area (Å²) >= 11 is 0. The first-order valence-corrected chi connectivity index (χ1v) is 4.93. The van der Waals surface area contributed by atoms with Gasteiger partial charge in [0.1, 0.15) is 11.6 Å². The minimum absolute atomic E-state index is 0.596. The van der Waals surface area contributed by atoms with Crippen molar-refractivity contribution < 1.29 is 0 Å². The summed E-state index contributed by atoms with van der Waals surface area (Å²) in [6, 6.07) is 1.99. The zero-order chi connectivity index (χ0) is 10.6. The molecule has 1 heterocycles. The second-order valence-electron chi connectivity index (χ2n) is 3.34. The van der Waals surface area contributed by atoms with Crippen LogP contribution in [0.1, 0.15) is 18.4 Å². The lowest BCUT2D eigenvalue weighted by molar-refractivity contribution is 0.833. The molecule has 0 saturated carbocycles. The molecular weight excluding hydrogens is 176 g/mol. The van der Waals surface area contributed by atoms with Crippen molar-refractivity contribution in [2.75, 3.05) is 25.0 Å². The molecule has 14 heavy (non-hydrogen) atoms. The first-order valence-electron chi connectivity index (χ1n) is 4.93. The zero-order valence-corrected chi connectivity index (χ0v) is 9.12. The Balaban J connectivity index is 2.94. The van der Waals surface area contributed by atoms with E-state index >= 15 is 0 Å². The highest BCUT2D eigenvalue weighted by atomic mass is 15.2. The number of aryl methyl sites for hydroxylation is 1. The van der Waals surface area contributed by atoms with Crippen molar-refractivity contribution in [2.45, 2.75) is 20.3 Å². The van der Waals surface area contributed by atoms with Crippen LogP contribution in [-0.4, -0.2) is 30.1 Å². The lowest BCUT2D eigenvalue weighted by atomic mass is 10.3. The van der Waals surface area contributed by atoms with Crippen LogP contribution in [0.2, 0.25) is 0 Å². The third kappa shape index (κ3) is 2.67. The summed E-state index contributed by atoms with van der Waals surface area (Å²) in [7, 11) is 2.02. The number of nitrogens with zero attached hydrogens (tertiary/aromatic N) is 3. The van der Waals surface area contributed by atoms with Gasteiger partial charge in [0.2, 0.25) is 0 Å². The fourth-order valence-electron chi connectivity index (χ4n) is 1.21. The van der Waals surface area contributed by atoms with E-state index in [1.165, 1.54) is 0 Å². The van der Waals surface area contributed by atoms with Crippen molar-refractivity contribution in [1.29, 1.82) is 0 Å². The number of hydrogen-bond donors (Lipinski definition) is 1. The van der Waals surface area contributed by atoms with E-state index in [1.54, 1.807) is 0 Å². The molecule has 0 aliphatic heterocycles. The normalized spacial score (nSPS) is 10.3. The molecule has 0 saturated heterocycles. The Bertz CT molecular complexity index is 298. The van der Waals surface area contributed by atoms with Gasteiger partial charge in [-0.3, -0.25) is 0 Å². The largest absolute Gasteiger partial charge is 0.360 e. The molecule has 1 aromatic heterocycles. The third-order valence-electron chi connectivity index (χ3n) is 2.12. The second kappa shape index (κ2) is 4.91. The first kappa shape index (κ1) is 10.9. The first-order chi connectivity index (χ1) is 6.67. The van der Waals surface area contributed by atoms with Crippen LogP contribution in [0.5, 0.6) is 0 Å². The van der Waals surface area contributed by atoms with E-state index in [9.17, 15) is 0 Å². The molecule has 4 nitrogen and oxygen atoms in total. The van der Waals surface area contributed by atoms with Gasteiger partial charge in [0, 0.05) is 31.8 Å². The second-order valence-corrected chi connectivity index (χ2v) is 3.34. The maximum atomic E-state index is 5.48. The van der Waals surface area contributed by atoms with Gasteiger partial charge in [-0.2, -0.15) is 0 Å². The van der Waals surface area contributed by atoms with Crippen molar-refractivity contribution in [1.82, 2.24) is 9.97 Å². The Morgan fingerprint density at radius 2 is 2.14 bits per heavy atom. The molecule has 1 aromatic rings.